The summed E-state index contributed by atoms with van der Waals surface area (Å²) in [6.07, 6.45) is 1.35. The standard InChI is InChI=1S/C26H32N4O4/c1-18-5-8-20(9-6-18)23(29-12-14-34-15-13-29)17-27-25(32)26(33)28-21-10-7-19(2)22(16-21)30-11-3-4-24(30)31/h5-10,16,23H,3-4,11-15,17H2,1-2H3,(H,27,32)(H,28,33). The molecule has 0 aliphatic carbocycles. The van der Waals surface area contributed by atoms with Crippen molar-refractivity contribution in [2.24, 2.45) is 0 Å². The average molecular weight is 465 g/mol. The second-order valence-corrected chi connectivity index (χ2v) is 8.89. The quantitative estimate of drug-likeness (QED) is 0.642. The highest BCUT2D eigenvalue weighted by molar-refractivity contribution is 6.39. The van der Waals surface area contributed by atoms with E-state index >= 15 is 0 Å². The third-order valence-electron chi connectivity index (χ3n) is 6.44. The number of nitrogens with one attached hydrogen (secondary N) is 2. The van der Waals surface area contributed by atoms with Crippen molar-refractivity contribution in [1.29, 1.82) is 0 Å². The van der Waals surface area contributed by atoms with Crippen LogP contribution in [0.4, 0.5) is 11.4 Å². The van der Waals surface area contributed by atoms with Gasteiger partial charge in [-0.15, -0.1) is 0 Å². The third-order valence-corrected chi connectivity index (χ3v) is 6.44. The molecule has 0 radical (unpaired) electrons. The minimum Gasteiger partial charge on any atom is -0.379 e. The molecular formula is C26H32N4O4. The largest absolute Gasteiger partial charge is 0.379 e. The Morgan fingerprint density at radius 1 is 1.00 bits per heavy atom. The second kappa shape index (κ2) is 10.8. The van der Waals surface area contributed by atoms with Crippen LogP contribution in [0.5, 0.6) is 0 Å². The first kappa shape index (κ1) is 23.9. The number of anilines is 2. The maximum Gasteiger partial charge on any atom is 0.313 e. The monoisotopic (exact) mass is 464 g/mol. The van der Waals surface area contributed by atoms with Gasteiger partial charge in [-0.1, -0.05) is 35.9 Å². The van der Waals surface area contributed by atoms with E-state index in [1.807, 2.05) is 19.9 Å². The highest BCUT2D eigenvalue weighted by Crippen LogP contribution is 2.28. The number of nitrogens with zero attached hydrogens (tertiary/aromatic N) is 2. The number of aryl methyl sites for hydroxylation is 2. The molecule has 0 spiro atoms. The molecule has 8 nitrogen and oxygen atoms in total. The molecule has 0 aromatic heterocycles. The van der Waals surface area contributed by atoms with Crippen LogP contribution in [0.15, 0.2) is 42.5 Å². The average Bonchev–Trinajstić information content (AvgIpc) is 3.27. The Labute approximate surface area is 200 Å². The second-order valence-electron chi connectivity index (χ2n) is 8.89. The number of morpholine rings is 1. The van der Waals surface area contributed by atoms with Gasteiger partial charge in [0.2, 0.25) is 5.91 Å². The summed E-state index contributed by atoms with van der Waals surface area (Å²) in [4.78, 5) is 41.4. The minimum atomic E-state index is -0.729. The van der Waals surface area contributed by atoms with Crippen molar-refractivity contribution >= 4 is 29.1 Å². The van der Waals surface area contributed by atoms with Gasteiger partial charge in [0, 0.05) is 44.0 Å². The summed E-state index contributed by atoms with van der Waals surface area (Å²) < 4.78 is 5.48. The Kier molecular flexibility index (Phi) is 7.59. The molecule has 1 atom stereocenters. The lowest BCUT2D eigenvalue weighted by Gasteiger charge is -2.35. The van der Waals surface area contributed by atoms with Crippen molar-refractivity contribution in [1.82, 2.24) is 10.2 Å². The van der Waals surface area contributed by atoms with Gasteiger partial charge in [-0.3, -0.25) is 19.3 Å². The van der Waals surface area contributed by atoms with Crippen molar-refractivity contribution in [3.63, 3.8) is 0 Å². The molecular weight excluding hydrogens is 432 g/mol. The molecule has 2 heterocycles. The highest BCUT2D eigenvalue weighted by Gasteiger charge is 2.26. The summed E-state index contributed by atoms with van der Waals surface area (Å²) in [7, 11) is 0. The molecule has 4 rings (SSSR count). The van der Waals surface area contributed by atoms with E-state index in [9.17, 15) is 14.4 Å². The normalized spacial score (nSPS) is 17.5. The number of hydrogen-bond acceptors (Lipinski definition) is 5. The SMILES string of the molecule is Cc1ccc(C(CNC(=O)C(=O)Nc2ccc(C)c(N3CCCC3=O)c2)N2CCOCC2)cc1. The van der Waals surface area contributed by atoms with E-state index in [2.05, 4.69) is 39.8 Å². The lowest BCUT2D eigenvalue weighted by molar-refractivity contribution is -0.136. The first-order valence-electron chi connectivity index (χ1n) is 11.8. The van der Waals surface area contributed by atoms with Gasteiger partial charge < -0.3 is 20.3 Å². The van der Waals surface area contributed by atoms with E-state index in [0.29, 0.717) is 38.4 Å². The van der Waals surface area contributed by atoms with Crippen molar-refractivity contribution < 1.29 is 19.1 Å². The predicted molar refractivity (Wildman–Crippen MR) is 131 cm³/mol. The maximum atomic E-state index is 12.6. The van der Waals surface area contributed by atoms with Crippen LogP contribution >= 0.6 is 0 Å². The fourth-order valence-electron chi connectivity index (χ4n) is 4.47. The maximum absolute atomic E-state index is 12.6. The van der Waals surface area contributed by atoms with Crippen LogP contribution in [0.2, 0.25) is 0 Å². The Bertz CT molecular complexity index is 1050. The molecule has 180 valence electrons. The van der Waals surface area contributed by atoms with Crippen LogP contribution in [0.1, 0.15) is 35.6 Å². The number of ether oxygens (including phenoxy) is 1. The number of amides is 3. The summed E-state index contributed by atoms with van der Waals surface area (Å²) in [6.45, 7) is 7.77. The van der Waals surface area contributed by atoms with E-state index in [0.717, 1.165) is 36.3 Å². The van der Waals surface area contributed by atoms with Crippen molar-refractivity contribution in [2.45, 2.75) is 32.7 Å². The lowest BCUT2D eigenvalue weighted by atomic mass is 10.0. The highest BCUT2D eigenvalue weighted by atomic mass is 16.5. The smallest absolute Gasteiger partial charge is 0.313 e. The fourth-order valence-corrected chi connectivity index (χ4v) is 4.47. The summed E-state index contributed by atoms with van der Waals surface area (Å²) >= 11 is 0. The van der Waals surface area contributed by atoms with Gasteiger partial charge in [0.05, 0.1) is 19.3 Å². The van der Waals surface area contributed by atoms with E-state index in [4.69, 9.17) is 4.74 Å². The van der Waals surface area contributed by atoms with E-state index in [1.54, 1.807) is 17.0 Å². The van der Waals surface area contributed by atoms with Gasteiger partial charge in [-0.25, -0.2) is 0 Å². The van der Waals surface area contributed by atoms with Gasteiger partial charge in [-0.2, -0.15) is 0 Å². The number of carbonyl (C=O) groups excluding carboxylic acids is 3. The fraction of sp³-hybridized carbons (Fsp3) is 0.423. The zero-order valence-electron chi connectivity index (χ0n) is 19.8. The van der Waals surface area contributed by atoms with Crippen LogP contribution < -0.4 is 15.5 Å². The summed E-state index contributed by atoms with van der Waals surface area (Å²) in [6, 6.07) is 13.5. The molecule has 0 saturated carbocycles. The summed E-state index contributed by atoms with van der Waals surface area (Å²) in [5.74, 6) is -1.34. The van der Waals surface area contributed by atoms with E-state index < -0.39 is 11.8 Å². The minimum absolute atomic E-state index is 0.0478. The molecule has 3 amide bonds. The Morgan fingerprint density at radius 2 is 1.74 bits per heavy atom. The summed E-state index contributed by atoms with van der Waals surface area (Å²) in [5, 5.41) is 5.48. The first-order valence-corrected chi connectivity index (χ1v) is 11.8. The van der Waals surface area contributed by atoms with Gasteiger partial charge in [0.15, 0.2) is 0 Å². The van der Waals surface area contributed by atoms with Crippen LogP contribution in [0, 0.1) is 13.8 Å². The van der Waals surface area contributed by atoms with Gasteiger partial charge in [0.1, 0.15) is 0 Å². The molecule has 2 fully saturated rings. The molecule has 8 heteroatoms. The van der Waals surface area contributed by atoms with Gasteiger partial charge >= 0.3 is 11.8 Å². The number of carbonyl (C=O) groups is 3. The molecule has 34 heavy (non-hydrogen) atoms. The lowest BCUT2D eigenvalue weighted by Crippen LogP contribution is -2.45. The zero-order valence-corrected chi connectivity index (χ0v) is 19.8. The van der Waals surface area contributed by atoms with Gasteiger partial charge in [0.25, 0.3) is 0 Å². The Hall–Kier alpha value is -3.23. The van der Waals surface area contributed by atoms with Crippen LogP contribution in [-0.4, -0.2) is 62.0 Å². The van der Waals surface area contributed by atoms with Crippen LogP contribution in [-0.2, 0) is 19.1 Å². The number of benzene rings is 2. The van der Waals surface area contributed by atoms with Crippen molar-refractivity contribution in [3.8, 4) is 0 Å². The van der Waals surface area contributed by atoms with Crippen LogP contribution in [0.25, 0.3) is 0 Å². The molecule has 2 aliphatic heterocycles. The molecule has 2 aromatic carbocycles. The van der Waals surface area contributed by atoms with Gasteiger partial charge in [-0.05, 0) is 43.5 Å². The molecule has 0 bridgehead atoms. The van der Waals surface area contributed by atoms with Crippen molar-refractivity contribution in [3.05, 3.63) is 59.2 Å². The molecule has 2 saturated heterocycles. The van der Waals surface area contributed by atoms with Crippen LogP contribution in [0.3, 0.4) is 0 Å². The summed E-state index contributed by atoms with van der Waals surface area (Å²) in [5.41, 5.74) is 4.47. The number of hydrogen-bond donors (Lipinski definition) is 2. The molecule has 2 aromatic rings. The first-order chi connectivity index (χ1) is 16.4. The number of rotatable bonds is 6. The van der Waals surface area contributed by atoms with Crippen molar-refractivity contribution in [2.75, 3.05) is 49.6 Å². The Morgan fingerprint density at radius 3 is 2.41 bits per heavy atom. The molecule has 2 aliphatic rings. The third kappa shape index (κ3) is 5.63. The molecule has 1 unspecified atom stereocenters. The Balaban J connectivity index is 1.40. The zero-order chi connectivity index (χ0) is 24.1. The topological polar surface area (TPSA) is 91.0 Å². The predicted octanol–water partition coefficient (Wildman–Crippen LogP) is 2.56. The van der Waals surface area contributed by atoms with E-state index in [-0.39, 0.29) is 11.9 Å². The molecule has 2 N–H and O–H groups in total. The van der Waals surface area contributed by atoms with E-state index in [1.165, 1.54) is 5.56 Å².